The second-order valence-corrected chi connectivity index (χ2v) is 4.96. The van der Waals surface area contributed by atoms with E-state index in [9.17, 15) is 28.2 Å². The van der Waals surface area contributed by atoms with Crippen molar-refractivity contribution in [2.75, 3.05) is 0 Å². The van der Waals surface area contributed by atoms with Crippen LogP contribution < -0.4 is 69.3 Å². The molecule has 0 saturated carbocycles. The van der Waals surface area contributed by atoms with Crippen LogP contribution in [-0.2, 0) is 19.7 Å². The minimum atomic E-state index is -5.12. The first-order chi connectivity index (χ1) is 7.15. The number of rotatable bonds is 6. The number of hydrogen-bond donors (Lipinski definition) is 1. The van der Waals surface area contributed by atoms with Crippen LogP contribution in [0.3, 0.4) is 0 Å². The van der Waals surface area contributed by atoms with Crippen molar-refractivity contribution in [3.05, 3.63) is 0 Å². The van der Waals surface area contributed by atoms with Gasteiger partial charge in [0, 0.05) is 11.9 Å². The molecule has 0 aromatic rings. The average Bonchev–Trinajstić information content (AvgIpc) is 2.10. The molecule has 2 atom stereocenters. The monoisotopic (exact) mass is 298 g/mol. The molecule has 0 fully saturated rings. The molecule has 0 bridgehead atoms. The van der Waals surface area contributed by atoms with E-state index in [4.69, 9.17) is 4.55 Å². The Balaban J connectivity index is -0.00000112. The Hall–Kier alpha value is 0.850. The quantitative estimate of drug-likeness (QED) is 0.380. The van der Waals surface area contributed by atoms with Crippen molar-refractivity contribution >= 4 is 22.1 Å². The average molecular weight is 298 g/mol. The van der Waals surface area contributed by atoms with Gasteiger partial charge in [-0.05, 0) is 12.8 Å². The van der Waals surface area contributed by atoms with Gasteiger partial charge >= 0.3 is 59.1 Å². The van der Waals surface area contributed by atoms with Crippen molar-refractivity contribution in [2.24, 2.45) is 5.92 Å². The van der Waals surface area contributed by atoms with Gasteiger partial charge in [0.25, 0.3) is 10.1 Å². The summed E-state index contributed by atoms with van der Waals surface area (Å²) >= 11 is 0. The van der Waals surface area contributed by atoms with Crippen LogP contribution in [0.5, 0.6) is 0 Å². The van der Waals surface area contributed by atoms with E-state index in [0.29, 0.717) is 0 Å². The van der Waals surface area contributed by atoms with Gasteiger partial charge in [-0.1, -0.05) is 13.8 Å². The molecule has 0 aliphatic rings. The Kier molecular flexibility index (Phi) is 11.8. The molecule has 0 rings (SSSR count). The van der Waals surface area contributed by atoms with Gasteiger partial charge in [-0.2, -0.15) is 8.42 Å². The minimum absolute atomic E-state index is 0. The molecule has 10 heteroatoms. The fraction of sp³-hybridized carbons (Fsp3) is 0.750. The molecular weight excluding hydrogens is 286 g/mol. The fourth-order valence-corrected chi connectivity index (χ4v) is 2.89. The minimum Gasteiger partial charge on any atom is -0.550 e. The molecule has 0 spiro atoms. The van der Waals surface area contributed by atoms with Crippen LogP contribution in [0.4, 0.5) is 0 Å². The third-order valence-corrected chi connectivity index (χ3v) is 4.25. The van der Waals surface area contributed by atoms with Crippen LogP contribution in [0, 0.1) is 5.92 Å². The van der Waals surface area contributed by atoms with Crippen LogP contribution in [0.2, 0.25) is 0 Å². The van der Waals surface area contributed by atoms with E-state index in [2.05, 4.69) is 0 Å². The maximum absolute atomic E-state index is 11.1. The molecule has 18 heavy (non-hydrogen) atoms. The van der Waals surface area contributed by atoms with Gasteiger partial charge in [0.2, 0.25) is 0 Å². The predicted octanol–water partition coefficient (Wildman–Crippen LogP) is -8.44. The van der Waals surface area contributed by atoms with Crippen molar-refractivity contribution in [1.29, 1.82) is 0 Å². The molecule has 0 heterocycles. The van der Waals surface area contributed by atoms with Gasteiger partial charge in [-0.25, -0.2) is 0 Å². The van der Waals surface area contributed by atoms with Gasteiger partial charge < -0.3 is 19.8 Å². The Morgan fingerprint density at radius 2 is 1.61 bits per heavy atom. The smallest absolute Gasteiger partial charge is 0.550 e. The van der Waals surface area contributed by atoms with Gasteiger partial charge in [0.15, 0.2) is 0 Å². The number of aliphatic carboxylic acids is 2. The Morgan fingerprint density at radius 3 is 1.67 bits per heavy atom. The third-order valence-electron chi connectivity index (χ3n) is 2.59. The second-order valence-electron chi connectivity index (χ2n) is 3.29. The van der Waals surface area contributed by atoms with Crippen molar-refractivity contribution in [3.8, 4) is 0 Å². The summed E-state index contributed by atoms with van der Waals surface area (Å²) in [5.41, 5.74) is 0. The summed E-state index contributed by atoms with van der Waals surface area (Å²) in [4.78, 5) is 21.6. The zero-order chi connectivity index (χ0) is 13.1. The SMILES string of the molecule is CCC(C(=O)[O-])C(CC)(C(=O)[O-])S(=O)(=O)O.[Na+].[Na+]. The van der Waals surface area contributed by atoms with Gasteiger partial charge in [-0.15, -0.1) is 0 Å². The second kappa shape index (κ2) is 8.91. The molecular formula is C8H12Na2O7S. The standard InChI is InChI=1S/C8H14O7S.2Na/c1-3-5(6(9)10)8(4-2,7(11)12)16(13,14)15;;/h5H,3-4H2,1-2H3,(H,9,10)(H,11,12)(H,13,14,15);;/q;2*+1/p-2. The van der Waals surface area contributed by atoms with Gasteiger partial charge in [0.1, 0.15) is 4.75 Å². The molecule has 0 aromatic heterocycles. The molecule has 0 radical (unpaired) electrons. The molecule has 0 aromatic carbocycles. The zero-order valence-electron chi connectivity index (χ0n) is 10.8. The molecule has 0 aliphatic heterocycles. The van der Waals surface area contributed by atoms with E-state index in [1.165, 1.54) is 6.92 Å². The summed E-state index contributed by atoms with van der Waals surface area (Å²) in [7, 11) is -5.12. The van der Waals surface area contributed by atoms with E-state index in [-0.39, 0.29) is 65.5 Å². The Bertz CT molecular complexity index is 394. The molecule has 1 N–H and O–H groups in total. The van der Waals surface area contributed by atoms with Crippen LogP contribution in [-0.4, -0.2) is 29.7 Å². The van der Waals surface area contributed by atoms with Crippen LogP contribution >= 0.6 is 0 Å². The van der Waals surface area contributed by atoms with Crippen LogP contribution in [0.1, 0.15) is 26.7 Å². The largest absolute Gasteiger partial charge is 1.00 e. The Morgan fingerprint density at radius 1 is 1.22 bits per heavy atom. The first kappa shape index (κ1) is 23.9. The third kappa shape index (κ3) is 4.45. The summed E-state index contributed by atoms with van der Waals surface area (Å²) in [5.74, 6) is -5.86. The molecule has 0 saturated heterocycles. The van der Waals surface area contributed by atoms with E-state index < -0.39 is 39.1 Å². The number of hydrogen-bond acceptors (Lipinski definition) is 6. The van der Waals surface area contributed by atoms with Crippen LogP contribution in [0.15, 0.2) is 0 Å². The maximum Gasteiger partial charge on any atom is 1.00 e. The first-order valence-electron chi connectivity index (χ1n) is 4.54. The fourth-order valence-electron chi connectivity index (χ4n) is 1.69. The van der Waals surface area contributed by atoms with Gasteiger partial charge in [0.05, 0.1) is 5.97 Å². The molecule has 7 nitrogen and oxygen atoms in total. The molecule has 0 amide bonds. The van der Waals surface area contributed by atoms with Crippen molar-refractivity contribution in [3.63, 3.8) is 0 Å². The number of carboxylic acids is 2. The molecule has 94 valence electrons. The van der Waals surface area contributed by atoms with Crippen molar-refractivity contribution in [2.45, 2.75) is 31.4 Å². The summed E-state index contributed by atoms with van der Waals surface area (Å²) in [6, 6.07) is 0. The number of carbonyl (C=O) groups excluding carboxylic acids is 2. The normalized spacial score (nSPS) is 15.5. The summed E-state index contributed by atoms with van der Waals surface area (Å²) in [6.07, 6.45) is -0.940. The van der Waals surface area contributed by atoms with E-state index >= 15 is 0 Å². The van der Waals surface area contributed by atoms with E-state index in [0.717, 1.165) is 6.92 Å². The summed E-state index contributed by atoms with van der Waals surface area (Å²) in [6.45, 7) is 2.41. The van der Waals surface area contributed by atoms with Crippen LogP contribution in [0.25, 0.3) is 0 Å². The van der Waals surface area contributed by atoms with Crippen molar-refractivity contribution < 1.29 is 91.9 Å². The topological polar surface area (TPSA) is 135 Å². The first-order valence-corrected chi connectivity index (χ1v) is 5.98. The summed E-state index contributed by atoms with van der Waals surface area (Å²) < 4.78 is 28.2. The van der Waals surface area contributed by atoms with Crippen molar-refractivity contribution in [1.82, 2.24) is 0 Å². The molecule has 0 aliphatic carbocycles. The maximum atomic E-state index is 11.1. The predicted molar refractivity (Wildman–Crippen MR) is 48.4 cm³/mol. The van der Waals surface area contributed by atoms with E-state index in [1.54, 1.807) is 0 Å². The molecule has 2 unspecified atom stereocenters. The number of carboxylic acid groups (broad SMARTS) is 2. The van der Waals surface area contributed by atoms with E-state index in [1.807, 2.05) is 0 Å². The number of carbonyl (C=O) groups is 2. The zero-order valence-corrected chi connectivity index (χ0v) is 15.6. The Labute approximate surface area is 150 Å². The van der Waals surface area contributed by atoms with Gasteiger partial charge in [-0.3, -0.25) is 4.55 Å². The summed E-state index contributed by atoms with van der Waals surface area (Å²) in [5, 5.41) is 21.6.